The van der Waals surface area contributed by atoms with Crippen molar-refractivity contribution in [1.29, 1.82) is 0 Å². The van der Waals surface area contributed by atoms with E-state index in [2.05, 4.69) is 22.2 Å². The zero-order chi connectivity index (χ0) is 26.9. The molecule has 1 heterocycles. The number of nitrogens with zero attached hydrogens (tertiary/aromatic N) is 2. The Hall–Kier alpha value is -2.96. The van der Waals surface area contributed by atoms with Gasteiger partial charge in [-0.05, 0) is 81.4 Å². The van der Waals surface area contributed by atoms with Crippen LogP contribution in [0.2, 0.25) is 0 Å². The summed E-state index contributed by atoms with van der Waals surface area (Å²) < 4.78 is 21.7. The van der Waals surface area contributed by atoms with Crippen LogP contribution in [0.3, 0.4) is 0 Å². The van der Waals surface area contributed by atoms with Crippen molar-refractivity contribution in [3.63, 3.8) is 0 Å². The van der Waals surface area contributed by atoms with Gasteiger partial charge in [-0.3, -0.25) is 14.3 Å². The van der Waals surface area contributed by atoms with Crippen LogP contribution in [-0.4, -0.2) is 34.3 Å². The Morgan fingerprint density at radius 1 is 1.08 bits per heavy atom. The summed E-state index contributed by atoms with van der Waals surface area (Å²) in [6, 6.07) is 6.93. The topological polar surface area (TPSA) is 73.2 Å². The van der Waals surface area contributed by atoms with Gasteiger partial charge in [0.1, 0.15) is 5.82 Å². The maximum Gasteiger partial charge on any atom is 0.311 e. The van der Waals surface area contributed by atoms with E-state index in [9.17, 15) is 14.0 Å². The van der Waals surface area contributed by atoms with Crippen LogP contribution in [0, 0.1) is 23.6 Å². The number of carbonyl (C=O) groups excluding carboxylic acids is 2. The van der Waals surface area contributed by atoms with E-state index in [1.54, 1.807) is 12.1 Å². The van der Waals surface area contributed by atoms with Gasteiger partial charge in [0.05, 0.1) is 18.6 Å². The van der Waals surface area contributed by atoms with E-state index in [4.69, 9.17) is 9.84 Å². The summed E-state index contributed by atoms with van der Waals surface area (Å²) in [7, 11) is 0. The molecule has 7 heteroatoms. The standard InChI is InChI=1S/C32H40FN3O3/c1-2-39-32(38)27-21-15-16-22(19-21)28(27)34-31(37)29-26-14-7-6-10-23(17-20-9-8-11-24(33)18-20)30(26)36(35-29)25-12-4-3-5-13-25/h8-9,11,15-16,18,21-23,25,27-28H,2-7,10,12-14,17,19H2,1H3,(H,34,37)/t21?,22?,23?,27?,28-/m1/s1. The highest BCUT2D eigenvalue weighted by Crippen LogP contribution is 2.45. The lowest BCUT2D eigenvalue weighted by Gasteiger charge is -2.27. The van der Waals surface area contributed by atoms with Crippen molar-refractivity contribution in [2.75, 3.05) is 6.61 Å². The quantitative estimate of drug-likeness (QED) is 0.267. The van der Waals surface area contributed by atoms with Crippen molar-refractivity contribution in [2.24, 2.45) is 17.8 Å². The first kappa shape index (κ1) is 26.3. The normalized spacial score (nSPS) is 28.2. The lowest BCUT2D eigenvalue weighted by atomic mass is 9.88. The molecule has 0 spiro atoms. The fraction of sp³-hybridized carbons (Fsp3) is 0.594. The summed E-state index contributed by atoms with van der Waals surface area (Å²) in [4.78, 5) is 26.8. The highest BCUT2D eigenvalue weighted by Gasteiger charge is 2.50. The van der Waals surface area contributed by atoms with Gasteiger partial charge in [0.25, 0.3) is 5.91 Å². The number of fused-ring (bicyclic) bond motifs is 3. The number of hydrogen-bond donors (Lipinski definition) is 1. The maximum absolute atomic E-state index is 14.1. The molecule has 208 valence electrons. The number of aromatic nitrogens is 2. The largest absolute Gasteiger partial charge is 0.466 e. The average molecular weight is 534 g/mol. The SMILES string of the molecule is CCOC(=O)C1C2C=CC(C2)[C@H]1NC(=O)c1nn(C2CCCCC2)c2c1CCCCC2Cc1cccc(F)c1. The molecule has 2 fully saturated rings. The lowest BCUT2D eigenvalue weighted by molar-refractivity contribution is -0.149. The predicted molar refractivity (Wildman–Crippen MR) is 147 cm³/mol. The van der Waals surface area contributed by atoms with E-state index in [1.165, 1.54) is 31.0 Å². The molecule has 4 aliphatic rings. The van der Waals surface area contributed by atoms with E-state index in [1.807, 2.05) is 13.0 Å². The third-order valence-corrected chi connectivity index (χ3v) is 9.49. The van der Waals surface area contributed by atoms with E-state index in [-0.39, 0.29) is 47.4 Å². The number of esters is 1. The Morgan fingerprint density at radius 3 is 2.67 bits per heavy atom. The number of amides is 1. The van der Waals surface area contributed by atoms with Gasteiger partial charge in [0, 0.05) is 23.2 Å². The summed E-state index contributed by atoms with van der Waals surface area (Å²) in [5, 5.41) is 8.33. The predicted octanol–water partition coefficient (Wildman–Crippen LogP) is 6.06. The second kappa shape index (κ2) is 11.3. The average Bonchev–Trinajstić information content (AvgIpc) is 3.61. The van der Waals surface area contributed by atoms with Crippen LogP contribution in [0.25, 0.3) is 0 Å². The molecule has 2 saturated carbocycles. The number of rotatable bonds is 7. The molecule has 1 N–H and O–H groups in total. The van der Waals surface area contributed by atoms with Crippen molar-refractivity contribution in [3.05, 3.63) is 64.7 Å². The third kappa shape index (κ3) is 5.17. The van der Waals surface area contributed by atoms with Crippen LogP contribution in [0.5, 0.6) is 0 Å². The fourth-order valence-corrected chi connectivity index (χ4v) is 7.72. The summed E-state index contributed by atoms with van der Waals surface area (Å²) in [5.41, 5.74) is 3.75. The monoisotopic (exact) mass is 533 g/mol. The molecule has 0 aliphatic heterocycles. The smallest absolute Gasteiger partial charge is 0.311 e. The van der Waals surface area contributed by atoms with E-state index >= 15 is 0 Å². The second-order valence-electron chi connectivity index (χ2n) is 12.0. The summed E-state index contributed by atoms with van der Waals surface area (Å²) >= 11 is 0. The number of benzene rings is 1. The molecule has 0 saturated heterocycles. The Morgan fingerprint density at radius 2 is 1.87 bits per heavy atom. The van der Waals surface area contributed by atoms with Crippen LogP contribution in [0.1, 0.15) is 104 Å². The van der Waals surface area contributed by atoms with Crippen molar-refractivity contribution in [1.82, 2.24) is 15.1 Å². The van der Waals surface area contributed by atoms with Gasteiger partial charge in [0.15, 0.2) is 5.69 Å². The number of ether oxygens (including phenoxy) is 1. The Bertz CT molecular complexity index is 1250. The third-order valence-electron chi connectivity index (χ3n) is 9.49. The lowest BCUT2D eigenvalue weighted by Crippen LogP contribution is -2.46. The van der Waals surface area contributed by atoms with Gasteiger partial charge in [-0.15, -0.1) is 0 Å². The van der Waals surface area contributed by atoms with Gasteiger partial charge in [-0.2, -0.15) is 5.10 Å². The Balaban J connectivity index is 1.34. The number of hydrogen-bond acceptors (Lipinski definition) is 4. The Labute approximate surface area is 230 Å². The molecule has 6 rings (SSSR count). The van der Waals surface area contributed by atoms with Crippen molar-refractivity contribution >= 4 is 11.9 Å². The number of allylic oxidation sites excluding steroid dienone is 1. The van der Waals surface area contributed by atoms with Crippen LogP contribution in [0.4, 0.5) is 4.39 Å². The van der Waals surface area contributed by atoms with Gasteiger partial charge in [-0.25, -0.2) is 4.39 Å². The minimum Gasteiger partial charge on any atom is -0.466 e. The van der Waals surface area contributed by atoms with Gasteiger partial charge in [-0.1, -0.05) is 50.0 Å². The molecule has 1 aromatic carbocycles. The number of nitrogens with one attached hydrogen (secondary N) is 1. The van der Waals surface area contributed by atoms with Crippen molar-refractivity contribution in [3.8, 4) is 0 Å². The molecule has 5 atom stereocenters. The Kier molecular flexibility index (Phi) is 7.59. The van der Waals surface area contributed by atoms with Crippen LogP contribution in [-0.2, 0) is 22.4 Å². The zero-order valence-electron chi connectivity index (χ0n) is 22.9. The molecule has 1 aromatic heterocycles. The van der Waals surface area contributed by atoms with E-state index < -0.39 is 0 Å². The summed E-state index contributed by atoms with van der Waals surface area (Å²) in [6.07, 6.45) is 15.5. The number of halogens is 1. The molecular weight excluding hydrogens is 493 g/mol. The van der Waals surface area contributed by atoms with E-state index in [0.29, 0.717) is 18.3 Å². The highest BCUT2D eigenvalue weighted by atomic mass is 19.1. The molecule has 6 nitrogen and oxygen atoms in total. The molecule has 2 aromatic rings. The van der Waals surface area contributed by atoms with Gasteiger partial charge in [0.2, 0.25) is 0 Å². The minimum atomic E-state index is -0.344. The second-order valence-corrected chi connectivity index (χ2v) is 12.0. The first-order valence-corrected chi connectivity index (χ1v) is 15.0. The number of carbonyl (C=O) groups is 2. The molecule has 0 radical (unpaired) electrons. The molecule has 4 unspecified atom stereocenters. The molecule has 2 bridgehead atoms. The zero-order valence-corrected chi connectivity index (χ0v) is 22.9. The van der Waals surface area contributed by atoms with Gasteiger partial charge < -0.3 is 10.1 Å². The molecular formula is C32H40FN3O3. The first-order valence-electron chi connectivity index (χ1n) is 15.0. The fourth-order valence-electron chi connectivity index (χ4n) is 7.72. The highest BCUT2D eigenvalue weighted by molar-refractivity contribution is 5.95. The van der Waals surface area contributed by atoms with Crippen LogP contribution in [0.15, 0.2) is 36.4 Å². The van der Waals surface area contributed by atoms with Crippen LogP contribution < -0.4 is 5.32 Å². The van der Waals surface area contributed by atoms with Gasteiger partial charge >= 0.3 is 5.97 Å². The van der Waals surface area contributed by atoms with E-state index in [0.717, 1.165) is 62.5 Å². The van der Waals surface area contributed by atoms with Crippen LogP contribution >= 0.6 is 0 Å². The molecule has 1 amide bonds. The molecule has 39 heavy (non-hydrogen) atoms. The summed E-state index contributed by atoms with van der Waals surface area (Å²) in [5.74, 6) is -0.492. The first-order chi connectivity index (χ1) is 19.0. The maximum atomic E-state index is 14.1. The van der Waals surface area contributed by atoms with Crippen molar-refractivity contribution in [2.45, 2.75) is 95.6 Å². The molecule has 4 aliphatic carbocycles. The minimum absolute atomic E-state index is 0.118. The summed E-state index contributed by atoms with van der Waals surface area (Å²) in [6.45, 7) is 2.16. The van der Waals surface area contributed by atoms with Crippen molar-refractivity contribution < 1.29 is 18.7 Å².